The van der Waals surface area contributed by atoms with Crippen LogP contribution >= 0.6 is 11.8 Å². The van der Waals surface area contributed by atoms with Crippen molar-refractivity contribution in [3.05, 3.63) is 35.9 Å². The van der Waals surface area contributed by atoms with Crippen LogP contribution in [0.3, 0.4) is 0 Å². The Morgan fingerprint density at radius 1 is 1.32 bits per heavy atom. The van der Waals surface area contributed by atoms with Crippen LogP contribution in [-0.4, -0.2) is 30.0 Å². The lowest BCUT2D eigenvalue weighted by Crippen LogP contribution is -2.29. The van der Waals surface area contributed by atoms with Gasteiger partial charge in [0.1, 0.15) is 0 Å². The standard InChI is InChI=1S/C15H24N2OS/c1-12(14-6-4-3-5-7-14)10-17-15(18)11-19-9-8-13(2)16/h3-7,12-13H,8-11,16H2,1-2H3,(H,17,18). The Hall–Kier alpha value is -1.00. The van der Waals surface area contributed by atoms with E-state index in [1.807, 2.05) is 25.1 Å². The van der Waals surface area contributed by atoms with Crippen LogP contribution in [0.1, 0.15) is 31.7 Å². The number of benzene rings is 1. The highest BCUT2D eigenvalue weighted by Crippen LogP contribution is 2.13. The summed E-state index contributed by atoms with van der Waals surface area (Å²) < 4.78 is 0. The Kier molecular flexibility index (Phi) is 7.60. The van der Waals surface area contributed by atoms with E-state index in [4.69, 9.17) is 5.73 Å². The lowest BCUT2D eigenvalue weighted by molar-refractivity contribution is -0.118. The molecule has 3 nitrogen and oxygen atoms in total. The second-order valence-corrected chi connectivity index (χ2v) is 6.04. The van der Waals surface area contributed by atoms with E-state index in [0.717, 1.165) is 12.2 Å². The molecule has 0 spiro atoms. The molecule has 0 heterocycles. The Balaban J connectivity index is 2.16. The van der Waals surface area contributed by atoms with Crippen LogP contribution < -0.4 is 11.1 Å². The molecule has 0 aliphatic carbocycles. The molecule has 4 heteroatoms. The zero-order valence-electron chi connectivity index (χ0n) is 11.8. The fourth-order valence-corrected chi connectivity index (χ4v) is 2.62. The second kappa shape index (κ2) is 8.99. The number of rotatable bonds is 8. The molecule has 0 bridgehead atoms. The Bertz CT molecular complexity index is 368. The molecule has 106 valence electrons. The van der Waals surface area contributed by atoms with E-state index in [0.29, 0.717) is 18.2 Å². The van der Waals surface area contributed by atoms with E-state index in [9.17, 15) is 4.79 Å². The van der Waals surface area contributed by atoms with Gasteiger partial charge in [-0.05, 0) is 30.6 Å². The van der Waals surface area contributed by atoms with Crippen molar-refractivity contribution in [2.24, 2.45) is 5.73 Å². The third-order valence-corrected chi connectivity index (χ3v) is 3.92. The van der Waals surface area contributed by atoms with Crippen LogP contribution in [0.5, 0.6) is 0 Å². The zero-order chi connectivity index (χ0) is 14.1. The van der Waals surface area contributed by atoms with E-state index in [-0.39, 0.29) is 11.9 Å². The second-order valence-electron chi connectivity index (χ2n) is 4.93. The number of amides is 1. The first-order valence-corrected chi connectivity index (χ1v) is 7.90. The molecule has 2 atom stereocenters. The third kappa shape index (κ3) is 7.23. The van der Waals surface area contributed by atoms with Crippen LogP contribution in [0, 0.1) is 0 Å². The van der Waals surface area contributed by atoms with Crippen molar-refractivity contribution in [3.8, 4) is 0 Å². The molecular formula is C15H24N2OS. The summed E-state index contributed by atoms with van der Waals surface area (Å²) in [5, 5.41) is 2.98. The Morgan fingerprint density at radius 3 is 2.63 bits per heavy atom. The number of nitrogens with two attached hydrogens (primary N) is 1. The van der Waals surface area contributed by atoms with Gasteiger partial charge in [0.05, 0.1) is 5.75 Å². The minimum Gasteiger partial charge on any atom is -0.355 e. The van der Waals surface area contributed by atoms with E-state index in [1.165, 1.54) is 5.56 Å². The number of carbonyl (C=O) groups is 1. The van der Waals surface area contributed by atoms with Crippen LogP contribution in [0.2, 0.25) is 0 Å². The summed E-state index contributed by atoms with van der Waals surface area (Å²) in [6.07, 6.45) is 0.957. The fraction of sp³-hybridized carbons (Fsp3) is 0.533. The Labute approximate surface area is 120 Å². The molecule has 3 N–H and O–H groups in total. The first-order valence-electron chi connectivity index (χ1n) is 6.74. The van der Waals surface area contributed by atoms with Crippen LogP contribution in [0.25, 0.3) is 0 Å². The van der Waals surface area contributed by atoms with Gasteiger partial charge in [0, 0.05) is 12.6 Å². The summed E-state index contributed by atoms with van der Waals surface area (Å²) in [6.45, 7) is 4.80. The molecule has 0 aromatic heterocycles. The highest BCUT2D eigenvalue weighted by molar-refractivity contribution is 7.99. The van der Waals surface area contributed by atoms with Gasteiger partial charge < -0.3 is 11.1 Å². The lowest BCUT2D eigenvalue weighted by Gasteiger charge is -2.13. The molecule has 2 unspecified atom stereocenters. The molecule has 0 fully saturated rings. The van der Waals surface area contributed by atoms with E-state index in [1.54, 1.807) is 11.8 Å². The average molecular weight is 280 g/mol. The molecule has 0 aliphatic heterocycles. The van der Waals surface area contributed by atoms with Crippen molar-refractivity contribution < 1.29 is 4.79 Å². The van der Waals surface area contributed by atoms with Gasteiger partial charge >= 0.3 is 0 Å². The molecule has 1 aromatic carbocycles. The highest BCUT2D eigenvalue weighted by Gasteiger charge is 2.07. The van der Waals surface area contributed by atoms with Gasteiger partial charge in [-0.2, -0.15) is 11.8 Å². The average Bonchev–Trinajstić information content (AvgIpc) is 2.41. The summed E-state index contributed by atoms with van der Waals surface area (Å²) >= 11 is 1.65. The SMILES string of the molecule is CC(N)CCSCC(=O)NCC(C)c1ccccc1. The first-order chi connectivity index (χ1) is 9.09. The Morgan fingerprint density at radius 2 is 2.00 bits per heavy atom. The third-order valence-electron chi connectivity index (χ3n) is 2.92. The molecule has 0 saturated heterocycles. The van der Waals surface area contributed by atoms with Crippen molar-refractivity contribution in [3.63, 3.8) is 0 Å². The van der Waals surface area contributed by atoms with Gasteiger partial charge in [-0.15, -0.1) is 0 Å². The first kappa shape index (κ1) is 16.1. The summed E-state index contributed by atoms with van der Waals surface area (Å²) in [5.41, 5.74) is 6.92. The molecule has 0 radical (unpaired) electrons. The maximum atomic E-state index is 11.7. The summed E-state index contributed by atoms with van der Waals surface area (Å²) in [7, 11) is 0. The monoisotopic (exact) mass is 280 g/mol. The minimum absolute atomic E-state index is 0.109. The fourth-order valence-electron chi connectivity index (χ4n) is 1.65. The van der Waals surface area contributed by atoms with Crippen molar-refractivity contribution in [1.29, 1.82) is 0 Å². The predicted octanol–water partition coefficient (Wildman–Crippen LogP) is 2.38. The van der Waals surface area contributed by atoms with Gasteiger partial charge in [0.15, 0.2) is 0 Å². The maximum Gasteiger partial charge on any atom is 0.230 e. The van der Waals surface area contributed by atoms with Crippen molar-refractivity contribution >= 4 is 17.7 Å². The molecular weight excluding hydrogens is 256 g/mol. The van der Waals surface area contributed by atoms with Gasteiger partial charge in [-0.3, -0.25) is 4.79 Å². The van der Waals surface area contributed by atoms with Gasteiger partial charge in [-0.1, -0.05) is 37.3 Å². The molecule has 0 aliphatic rings. The number of thioether (sulfide) groups is 1. The molecule has 1 rings (SSSR count). The number of nitrogens with one attached hydrogen (secondary N) is 1. The number of hydrogen-bond acceptors (Lipinski definition) is 3. The summed E-state index contributed by atoms with van der Waals surface area (Å²) in [5.74, 6) is 1.92. The lowest BCUT2D eigenvalue weighted by atomic mass is 10.0. The number of carbonyl (C=O) groups excluding carboxylic acids is 1. The summed E-state index contributed by atoms with van der Waals surface area (Å²) in [4.78, 5) is 11.7. The summed E-state index contributed by atoms with van der Waals surface area (Å²) in [6, 6.07) is 10.5. The van der Waals surface area contributed by atoms with Gasteiger partial charge in [-0.25, -0.2) is 0 Å². The highest BCUT2D eigenvalue weighted by atomic mass is 32.2. The maximum absolute atomic E-state index is 11.7. The zero-order valence-corrected chi connectivity index (χ0v) is 12.6. The smallest absolute Gasteiger partial charge is 0.230 e. The molecule has 19 heavy (non-hydrogen) atoms. The number of hydrogen-bond donors (Lipinski definition) is 2. The van der Waals surface area contributed by atoms with Gasteiger partial charge in [0.2, 0.25) is 5.91 Å². The van der Waals surface area contributed by atoms with Crippen LogP contribution in [0.15, 0.2) is 30.3 Å². The van der Waals surface area contributed by atoms with Crippen molar-refractivity contribution in [2.75, 3.05) is 18.1 Å². The van der Waals surface area contributed by atoms with E-state index in [2.05, 4.69) is 24.4 Å². The van der Waals surface area contributed by atoms with E-state index >= 15 is 0 Å². The predicted molar refractivity (Wildman–Crippen MR) is 83.5 cm³/mol. The van der Waals surface area contributed by atoms with Crippen LogP contribution in [0.4, 0.5) is 0 Å². The van der Waals surface area contributed by atoms with Crippen molar-refractivity contribution in [2.45, 2.75) is 32.2 Å². The van der Waals surface area contributed by atoms with Crippen LogP contribution in [-0.2, 0) is 4.79 Å². The van der Waals surface area contributed by atoms with E-state index < -0.39 is 0 Å². The molecule has 1 aromatic rings. The minimum atomic E-state index is 0.109. The van der Waals surface area contributed by atoms with Gasteiger partial charge in [0.25, 0.3) is 0 Å². The quantitative estimate of drug-likeness (QED) is 0.719. The topological polar surface area (TPSA) is 55.1 Å². The molecule has 1 amide bonds. The largest absolute Gasteiger partial charge is 0.355 e. The normalized spacial score (nSPS) is 13.8. The van der Waals surface area contributed by atoms with Crippen molar-refractivity contribution in [1.82, 2.24) is 5.32 Å². The molecule has 0 saturated carbocycles.